The van der Waals surface area contributed by atoms with Gasteiger partial charge in [-0.15, -0.1) is 0 Å². The fraction of sp³-hybridized carbons (Fsp3) is 0.273. The van der Waals surface area contributed by atoms with Crippen LogP contribution in [0, 0.1) is 25.7 Å². The molecule has 0 bridgehead atoms. The first-order chi connectivity index (χ1) is 6.15. The average Bonchev–Trinajstić information content (AvgIpc) is 2.10. The second-order valence-electron chi connectivity index (χ2n) is 2.88. The average molecular weight is 195 g/mol. The number of aliphatic hydroxyl groups is 1. The van der Waals surface area contributed by atoms with Crippen LogP contribution in [0.25, 0.3) is 0 Å². The van der Waals surface area contributed by atoms with Crippen molar-refractivity contribution in [1.82, 2.24) is 0 Å². The molecule has 0 aliphatic rings. The predicted octanol–water partition coefficient (Wildman–Crippen LogP) is 2.30. The summed E-state index contributed by atoms with van der Waals surface area (Å²) >= 11 is 5.99. The first-order valence-electron chi connectivity index (χ1n) is 4.01. The molecular weight excluding hydrogens is 184 g/mol. The topological polar surface area (TPSA) is 20.2 Å². The summed E-state index contributed by atoms with van der Waals surface area (Å²) in [5, 5.41) is 9.31. The number of rotatable bonds is 0. The summed E-state index contributed by atoms with van der Waals surface area (Å²) < 4.78 is 0. The van der Waals surface area contributed by atoms with Crippen LogP contribution >= 0.6 is 11.6 Å². The van der Waals surface area contributed by atoms with Gasteiger partial charge in [0.2, 0.25) is 0 Å². The van der Waals surface area contributed by atoms with Gasteiger partial charge in [0, 0.05) is 10.6 Å². The molecule has 1 aromatic rings. The molecule has 0 radical (unpaired) electrons. The highest BCUT2D eigenvalue weighted by atomic mass is 35.5. The molecule has 0 unspecified atom stereocenters. The lowest BCUT2D eigenvalue weighted by molar-refractivity contribution is 0.350. The quantitative estimate of drug-likeness (QED) is 0.629. The Morgan fingerprint density at radius 3 is 2.31 bits per heavy atom. The van der Waals surface area contributed by atoms with Crippen LogP contribution in [0.3, 0.4) is 0 Å². The number of hydrogen-bond donors (Lipinski definition) is 1. The van der Waals surface area contributed by atoms with E-state index in [1.165, 1.54) is 0 Å². The Balaban J connectivity index is 3.13. The van der Waals surface area contributed by atoms with Crippen molar-refractivity contribution in [2.24, 2.45) is 0 Å². The van der Waals surface area contributed by atoms with Crippen molar-refractivity contribution >= 4 is 11.6 Å². The first kappa shape index (κ1) is 10.1. The van der Waals surface area contributed by atoms with E-state index in [9.17, 15) is 0 Å². The highest BCUT2D eigenvalue weighted by Gasteiger charge is 2.00. The van der Waals surface area contributed by atoms with Crippen LogP contribution < -0.4 is 0 Å². The smallest absolute Gasteiger partial charge is 0.104 e. The molecule has 1 N–H and O–H groups in total. The van der Waals surface area contributed by atoms with E-state index >= 15 is 0 Å². The standard InChI is InChI=1S/C11H11ClO/c1-8-6-10(4-3-5-13)7-9(2)11(8)12/h6-7,13H,5H2,1-2H3. The van der Waals surface area contributed by atoms with Gasteiger partial charge in [-0.3, -0.25) is 0 Å². The van der Waals surface area contributed by atoms with Gasteiger partial charge in [-0.25, -0.2) is 0 Å². The van der Waals surface area contributed by atoms with Gasteiger partial charge in [0.05, 0.1) is 0 Å². The van der Waals surface area contributed by atoms with Gasteiger partial charge in [-0.2, -0.15) is 0 Å². The van der Waals surface area contributed by atoms with E-state index in [2.05, 4.69) is 11.8 Å². The summed E-state index contributed by atoms with van der Waals surface area (Å²) in [6, 6.07) is 3.83. The molecule has 68 valence electrons. The van der Waals surface area contributed by atoms with E-state index < -0.39 is 0 Å². The molecular formula is C11H11ClO. The minimum absolute atomic E-state index is 0.110. The van der Waals surface area contributed by atoms with Crippen molar-refractivity contribution in [3.63, 3.8) is 0 Å². The minimum atomic E-state index is -0.110. The zero-order valence-corrected chi connectivity index (χ0v) is 8.44. The molecule has 1 nitrogen and oxygen atoms in total. The van der Waals surface area contributed by atoms with Crippen molar-refractivity contribution < 1.29 is 5.11 Å². The number of aliphatic hydroxyl groups excluding tert-OH is 1. The molecule has 0 aliphatic heterocycles. The largest absolute Gasteiger partial charge is 0.384 e. The van der Waals surface area contributed by atoms with E-state index in [-0.39, 0.29) is 6.61 Å². The molecule has 0 amide bonds. The van der Waals surface area contributed by atoms with E-state index in [4.69, 9.17) is 16.7 Å². The molecule has 2 heteroatoms. The molecule has 0 saturated heterocycles. The van der Waals surface area contributed by atoms with Crippen LogP contribution in [-0.2, 0) is 0 Å². The van der Waals surface area contributed by atoms with E-state index in [0.717, 1.165) is 21.7 Å². The molecule has 1 rings (SSSR count). The highest BCUT2D eigenvalue weighted by Crippen LogP contribution is 2.21. The monoisotopic (exact) mass is 194 g/mol. The molecule has 0 fully saturated rings. The number of aryl methyl sites for hydroxylation is 2. The van der Waals surface area contributed by atoms with Gasteiger partial charge in [0.25, 0.3) is 0 Å². The SMILES string of the molecule is Cc1cc(C#CCO)cc(C)c1Cl. The van der Waals surface area contributed by atoms with E-state index in [0.29, 0.717) is 0 Å². The van der Waals surface area contributed by atoms with E-state index in [1.54, 1.807) is 0 Å². The Hall–Kier alpha value is -0.970. The van der Waals surface area contributed by atoms with E-state index in [1.807, 2.05) is 26.0 Å². The third kappa shape index (κ3) is 2.48. The van der Waals surface area contributed by atoms with Crippen LogP contribution in [0.15, 0.2) is 12.1 Å². The van der Waals surface area contributed by atoms with Crippen molar-refractivity contribution in [2.45, 2.75) is 13.8 Å². The molecule has 0 heterocycles. The third-order valence-electron chi connectivity index (χ3n) is 1.75. The van der Waals surface area contributed by atoms with Crippen molar-refractivity contribution in [3.05, 3.63) is 33.8 Å². The predicted molar refractivity (Wildman–Crippen MR) is 54.9 cm³/mol. The van der Waals surface area contributed by atoms with Crippen molar-refractivity contribution in [3.8, 4) is 11.8 Å². The lowest BCUT2D eigenvalue weighted by Gasteiger charge is -2.02. The Bertz CT molecular complexity index is 348. The second kappa shape index (κ2) is 4.32. The number of halogens is 1. The minimum Gasteiger partial charge on any atom is -0.384 e. The summed E-state index contributed by atoms with van der Waals surface area (Å²) in [6.07, 6.45) is 0. The molecule has 0 saturated carbocycles. The Labute approximate surface area is 83.4 Å². The molecule has 0 atom stereocenters. The van der Waals surface area contributed by atoms with Crippen LogP contribution in [0.1, 0.15) is 16.7 Å². The summed E-state index contributed by atoms with van der Waals surface area (Å²) in [7, 11) is 0. The molecule has 0 aliphatic carbocycles. The summed E-state index contributed by atoms with van der Waals surface area (Å²) in [5.41, 5.74) is 2.93. The normalized spacial score (nSPS) is 9.23. The molecule has 1 aromatic carbocycles. The van der Waals surface area contributed by atoms with Crippen LogP contribution in [0.2, 0.25) is 5.02 Å². The van der Waals surface area contributed by atoms with Crippen LogP contribution in [0.5, 0.6) is 0 Å². The van der Waals surface area contributed by atoms with Gasteiger partial charge in [0.15, 0.2) is 0 Å². The summed E-state index contributed by atoms with van der Waals surface area (Å²) in [4.78, 5) is 0. The Morgan fingerprint density at radius 1 is 1.31 bits per heavy atom. The third-order valence-corrected chi connectivity index (χ3v) is 2.34. The van der Waals surface area contributed by atoms with Crippen molar-refractivity contribution in [1.29, 1.82) is 0 Å². The maximum atomic E-state index is 8.52. The van der Waals surface area contributed by atoms with Crippen molar-refractivity contribution in [2.75, 3.05) is 6.61 Å². The highest BCUT2D eigenvalue weighted by molar-refractivity contribution is 6.32. The van der Waals surface area contributed by atoms with Gasteiger partial charge >= 0.3 is 0 Å². The van der Waals surface area contributed by atoms with Gasteiger partial charge in [0.1, 0.15) is 6.61 Å². The molecule has 0 aromatic heterocycles. The fourth-order valence-corrected chi connectivity index (χ4v) is 1.27. The Morgan fingerprint density at radius 2 is 1.85 bits per heavy atom. The second-order valence-corrected chi connectivity index (χ2v) is 3.26. The van der Waals surface area contributed by atoms with Gasteiger partial charge in [-0.05, 0) is 37.1 Å². The van der Waals surface area contributed by atoms with Crippen LogP contribution in [-0.4, -0.2) is 11.7 Å². The lowest BCUT2D eigenvalue weighted by atomic mass is 10.1. The fourth-order valence-electron chi connectivity index (χ4n) is 1.16. The first-order valence-corrected chi connectivity index (χ1v) is 4.39. The number of benzene rings is 1. The maximum Gasteiger partial charge on any atom is 0.104 e. The molecule has 13 heavy (non-hydrogen) atoms. The summed E-state index contributed by atoms with van der Waals surface area (Å²) in [5.74, 6) is 5.45. The Kier molecular flexibility index (Phi) is 3.36. The van der Waals surface area contributed by atoms with Crippen LogP contribution in [0.4, 0.5) is 0 Å². The lowest BCUT2D eigenvalue weighted by Crippen LogP contribution is -1.85. The number of hydrogen-bond acceptors (Lipinski definition) is 1. The zero-order valence-electron chi connectivity index (χ0n) is 7.69. The van der Waals surface area contributed by atoms with Gasteiger partial charge < -0.3 is 5.11 Å². The zero-order chi connectivity index (χ0) is 9.84. The summed E-state index contributed by atoms with van der Waals surface area (Å²) in [6.45, 7) is 3.78. The maximum absolute atomic E-state index is 8.52. The van der Waals surface area contributed by atoms with Gasteiger partial charge in [-0.1, -0.05) is 23.4 Å². The molecule has 0 spiro atoms.